The molecule has 0 aromatic rings. The minimum absolute atomic E-state index is 0.167. The number of nitrogens with two attached hydrogens (primary N) is 1. The fourth-order valence-electron chi connectivity index (χ4n) is 1.37. The smallest absolute Gasteiger partial charge is 0.305 e. The van der Waals surface area contributed by atoms with Crippen LogP contribution in [0, 0.1) is 0 Å². The van der Waals surface area contributed by atoms with Crippen molar-refractivity contribution in [1.29, 1.82) is 0 Å². The summed E-state index contributed by atoms with van der Waals surface area (Å²) in [5.41, 5.74) is 5.02. The number of carbonyl (C=O) groups excluding carboxylic acids is 2. The van der Waals surface area contributed by atoms with Gasteiger partial charge in [0.05, 0.1) is 12.6 Å². The molecule has 0 saturated heterocycles. The normalized spacial score (nSPS) is 14.0. The summed E-state index contributed by atoms with van der Waals surface area (Å²) in [6.45, 7) is 4.15. The molecule has 0 aliphatic rings. The molecule has 16 heavy (non-hydrogen) atoms. The Morgan fingerprint density at radius 1 is 1.44 bits per heavy atom. The first-order valence-corrected chi connectivity index (χ1v) is 5.58. The summed E-state index contributed by atoms with van der Waals surface area (Å²) < 4.78 is 4.49. The van der Waals surface area contributed by atoms with Crippen LogP contribution in [0.5, 0.6) is 0 Å². The van der Waals surface area contributed by atoms with Crippen molar-refractivity contribution in [3.05, 3.63) is 0 Å². The molecule has 0 spiro atoms. The highest BCUT2D eigenvalue weighted by atomic mass is 16.5. The third-order valence-corrected chi connectivity index (χ3v) is 2.36. The van der Waals surface area contributed by atoms with Gasteiger partial charge in [0.1, 0.15) is 0 Å². The molecule has 0 aromatic carbocycles. The minimum Gasteiger partial charge on any atom is -0.469 e. The Labute approximate surface area is 96.7 Å². The summed E-state index contributed by atoms with van der Waals surface area (Å²) in [6, 6.07) is 0. The van der Waals surface area contributed by atoms with E-state index in [0.717, 1.165) is 6.42 Å². The number of rotatable bonds is 7. The maximum atomic E-state index is 11.6. The Balaban J connectivity index is 3.77. The maximum absolute atomic E-state index is 11.6. The zero-order valence-corrected chi connectivity index (χ0v) is 10.3. The van der Waals surface area contributed by atoms with Gasteiger partial charge in [0.15, 0.2) is 0 Å². The highest BCUT2D eigenvalue weighted by Crippen LogP contribution is 2.08. The molecule has 0 heterocycles. The van der Waals surface area contributed by atoms with Gasteiger partial charge in [-0.15, -0.1) is 0 Å². The Bertz CT molecular complexity index is 239. The van der Waals surface area contributed by atoms with Gasteiger partial charge in [-0.2, -0.15) is 0 Å². The molecule has 0 aliphatic carbocycles. The lowest BCUT2D eigenvalue weighted by atomic mass is 9.96. The first kappa shape index (κ1) is 14.9. The number of hydrogen-bond acceptors (Lipinski definition) is 4. The van der Waals surface area contributed by atoms with Crippen LogP contribution in [0.1, 0.15) is 39.5 Å². The highest BCUT2D eigenvalue weighted by Gasteiger charge is 2.26. The van der Waals surface area contributed by atoms with E-state index in [2.05, 4.69) is 10.1 Å². The van der Waals surface area contributed by atoms with Gasteiger partial charge in [0.25, 0.3) is 0 Å². The van der Waals surface area contributed by atoms with Crippen LogP contribution < -0.4 is 11.1 Å². The van der Waals surface area contributed by atoms with Crippen molar-refractivity contribution >= 4 is 11.9 Å². The summed E-state index contributed by atoms with van der Waals surface area (Å²) in [5.74, 6) is -0.433. The average Bonchev–Trinajstić information content (AvgIpc) is 2.23. The first-order valence-electron chi connectivity index (χ1n) is 5.58. The second kappa shape index (κ2) is 7.22. The SMILES string of the molecule is CCCC(C)(N)C(=O)NCCCC(=O)OC. The van der Waals surface area contributed by atoms with E-state index in [1.165, 1.54) is 7.11 Å². The van der Waals surface area contributed by atoms with Crippen molar-refractivity contribution in [3.8, 4) is 0 Å². The quantitative estimate of drug-likeness (QED) is 0.495. The van der Waals surface area contributed by atoms with Crippen molar-refractivity contribution < 1.29 is 14.3 Å². The molecule has 0 radical (unpaired) electrons. The Morgan fingerprint density at radius 2 is 2.06 bits per heavy atom. The largest absolute Gasteiger partial charge is 0.469 e. The molecule has 0 saturated carbocycles. The van der Waals surface area contributed by atoms with Gasteiger partial charge in [0, 0.05) is 13.0 Å². The van der Waals surface area contributed by atoms with Crippen LogP contribution in [0.25, 0.3) is 0 Å². The Hall–Kier alpha value is -1.10. The summed E-state index contributed by atoms with van der Waals surface area (Å²) >= 11 is 0. The van der Waals surface area contributed by atoms with Crippen molar-refractivity contribution in [2.75, 3.05) is 13.7 Å². The highest BCUT2D eigenvalue weighted by molar-refractivity contribution is 5.85. The zero-order chi connectivity index (χ0) is 12.6. The molecule has 5 nitrogen and oxygen atoms in total. The second-order valence-electron chi connectivity index (χ2n) is 4.10. The van der Waals surface area contributed by atoms with E-state index in [1.54, 1.807) is 6.92 Å². The van der Waals surface area contributed by atoms with E-state index < -0.39 is 5.54 Å². The number of ether oxygens (including phenoxy) is 1. The van der Waals surface area contributed by atoms with Gasteiger partial charge in [-0.05, 0) is 19.8 Å². The standard InChI is InChI=1S/C11H22N2O3/c1-4-7-11(2,12)10(15)13-8-5-6-9(14)16-3/h4-8,12H2,1-3H3,(H,13,15). The number of nitrogens with one attached hydrogen (secondary N) is 1. The molecule has 94 valence electrons. The van der Waals surface area contributed by atoms with Crippen molar-refractivity contribution in [3.63, 3.8) is 0 Å². The fraction of sp³-hybridized carbons (Fsp3) is 0.818. The predicted octanol–water partition coefficient (Wildman–Crippen LogP) is 0.573. The number of hydrogen-bond donors (Lipinski definition) is 2. The number of methoxy groups -OCH3 is 1. The molecule has 3 N–H and O–H groups in total. The third kappa shape index (κ3) is 5.70. The molecule has 1 unspecified atom stereocenters. The van der Waals surface area contributed by atoms with Crippen LogP contribution in [0.2, 0.25) is 0 Å². The summed E-state index contributed by atoms with van der Waals surface area (Å²) in [5, 5.41) is 2.72. The van der Waals surface area contributed by atoms with Crippen molar-refractivity contribution in [2.45, 2.75) is 45.1 Å². The van der Waals surface area contributed by atoms with Crippen LogP contribution in [-0.2, 0) is 14.3 Å². The minimum atomic E-state index is -0.819. The van der Waals surface area contributed by atoms with Gasteiger partial charge in [-0.3, -0.25) is 9.59 Å². The molecule has 1 amide bonds. The van der Waals surface area contributed by atoms with E-state index in [9.17, 15) is 9.59 Å². The second-order valence-corrected chi connectivity index (χ2v) is 4.10. The van der Waals surface area contributed by atoms with Gasteiger partial charge >= 0.3 is 5.97 Å². The van der Waals surface area contributed by atoms with E-state index >= 15 is 0 Å². The van der Waals surface area contributed by atoms with Gasteiger partial charge in [0.2, 0.25) is 5.91 Å². The van der Waals surface area contributed by atoms with Crippen molar-refractivity contribution in [2.24, 2.45) is 5.73 Å². The van der Waals surface area contributed by atoms with E-state index in [4.69, 9.17) is 5.73 Å². The van der Waals surface area contributed by atoms with Crippen LogP contribution >= 0.6 is 0 Å². The summed E-state index contributed by atoms with van der Waals surface area (Å²) in [6.07, 6.45) is 2.39. The lowest BCUT2D eigenvalue weighted by Crippen LogP contribution is -2.51. The first-order chi connectivity index (χ1) is 7.44. The monoisotopic (exact) mass is 230 g/mol. The topological polar surface area (TPSA) is 81.4 Å². The lowest BCUT2D eigenvalue weighted by Gasteiger charge is -2.22. The van der Waals surface area contributed by atoms with Crippen LogP contribution in [0.4, 0.5) is 0 Å². The van der Waals surface area contributed by atoms with Gasteiger partial charge in [-0.1, -0.05) is 13.3 Å². The number of amides is 1. The van der Waals surface area contributed by atoms with E-state index in [0.29, 0.717) is 25.8 Å². The Morgan fingerprint density at radius 3 is 2.56 bits per heavy atom. The van der Waals surface area contributed by atoms with E-state index in [1.807, 2.05) is 6.92 Å². The van der Waals surface area contributed by atoms with Crippen molar-refractivity contribution in [1.82, 2.24) is 5.32 Å². The zero-order valence-electron chi connectivity index (χ0n) is 10.3. The van der Waals surface area contributed by atoms with E-state index in [-0.39, 0.29) is 11.9 Å². The van der Waals surface area contributed by atoms with Gasteiger partial charge in [-0.25, -0.2) is 0 Å². The predicted molar refractivity (Wildman–Crippen MR) is 61.8 cm³/mol. The fourth-order valence-corrected chi connectivity index (χ4v) is 1.37. The lowest BCUT2D eigenvalue weighted by molar-refractivity contribution is -0.140. The van der Waals surface area contributed by atoms with Gasteiger partial charge < -0.3 is 15.8 Å². The molecule has 0 rings (SSSR count). The molecule has 0 bridgehead atoms. The average molecular weight is 230 g/mol. The van der Waals surface area contributed by atoms with Crippen LogP contribution in [-0.4, -0.2) is 31.1 Å². The number of esters is 1. The number of carbonyl (C=O) groups is 2. The third-order valence-electron chi connectivity index (χ3n) is 2.36. The molecule has 5 heteroatoms. The Kier molecular flexibility index (Phi) is 6.72. The molecule has 0 fully saturated rings. The van der Waals surface area contributed by atoms with Crippen LogP contribution in [0.15, 0.2) is 0 Å². The molecular weight excluding hydrogens is 208 g/mol. The molecule has 0 aliphatic heterocycles. The molecule has 0 aromatic heterocycles. The summed E-state index contributed by atoms with van der Waals surface area (Å²) in [7, 11) is 1.35. The molecule has 1 atom stereocenters. The van der Waals surface area contributed by atoms with Crippen LogP contribution in [0.3, 0.4) is 0 Å². The molecular formula is C11H22N2O3. The summed E-state index contributed by atoms with van der Waals surface area (Å²) in [4.78, 5) is 22.4. The maximum Gasteiger partial charge on any atom is 0.305 e.